The van der Waals surface area contributed by atoms with Crippen molar-refractivity contribution in [2.75, 3.05) is 13.2 Å². The van der Waals surface area contributed by atoms with E-state index < -0.39 is 6.97 Å². The molecule has 0 bridgehead atoms. The van der Waals surface area contributed by atoms with Crippen molar-refractivity contribution in [1.29, 1.82) is 0 Å². The molecule has 0 amide bonds. The lowest BCUT2D eigenvalue weighted by atomic mass is 9.91. The molecule has 0 saturated heterocycles. The molecule has 5 rings (SSSR count). The summed E-state index contributed by atoms with van der Waals surface area (Å²) >= 11 is 0. The van der Waals surface area contributed by atoms with Crippen LogP contribution in [0.1, 0.15) is 37.8 Å². The average Bonchev–Trinajstić information content (AvgIpc) is 3.13. The number of hydrogen-bond acceptors (Lipinski definition) is 3. The molecular weight excluding hydrogens is 387 g/mol. The van der Waals surface area contributed by atoms with Crippen molar-refractivity contribution < 1.29 is 22.6 Å². The minimum absolute atomic E-state index is 0.192. The molecule has 1 fully saturated rings. The first kappa shape index (κ1) is 19.2. The van der Waals surface area contributed by atoms with Crippen LogP contribution < -0.4 is 5.32 Å². The first-order valence-electron chi connectivity index (χ1n) is 10.7. The average molecular weight is 411 g/mol. The summed E-state index contributed by atoms with van der Waals surface area (Å²) in [7, 11) is 0. The number of allylic oxidation sites excluding steroid dienone is 2. The molecular formula is C22H24BF2N3O2. The zero-order chi connectivity index (χ0) is 20.7. The number of nitrogens with one attached hydrogen (secondary N) is 1. The van der Waals surface area contributed by atoms with Crippen LogP contribution in [0.2, 0.25) is 0 Å². The zero-order valence-electron chi connectivity index (χ0n) is 16.7. The molecule has 0 radical (unpaired) electrons. The van der Waals surface area contributed by atoms with Crippen LogP contribution in [0.15, 0.2) is 36.2 Å². The molecule has 8 heteroatoms. The number of halogens is 2. The fourth-order valence-electron chi connectivity index (χ4n) is 5.03. The second-order valence-corrected chi connectivity index (χ2v) is 8.35. The van der Waals surface area contributed by atoms with E-state index in [4.69, 9.17) is 4.74 Å². The number of carbonyl (C=O) groups excluding carboxylic acids is 1. The highest BCUT2D eigenvalue weighted by Gasteiger charge is 2.51. The van der Waals surface area contributed by atoms with Crippen molar-refractivity contribution in [3.63, 3.8) is 0 Å². The molecule has 3 heterocycles. The lowest BCUT2D eigenvalue weighted by Gasteiger charge is -2.30. The van der Waals surface area contributed by atoms with Gasteiger partial charge in [0.05, 0.1) is 13.0 Å². The largest absolute Gasteiger partial charge is 0.737 e. The fourth-order valence-corrected chi connectivity index (χ4v) is 5.03. The van der Waals surface area contributed by atoms with E-state index in [1.54, 1.807) is 24.3 Å². The summed E-state index contributed by atoms with van der Waals surface area (Å²) in [5, 5.41) is 3.18. The first-order chi connectivity index (χ1) is 14.6. The molecule has 1 aromatic rings. The third-order valence-electron chi connectivity index (χ3n) is 6.65. The van der Waals surface area contributed by atoms with Gasteiger partial charge < -0.3 is 27.6 Å². The number of carbonyl (C=O) groups is 1. The number of aromatic nitrogens is 1. The van der Waals surface area contributed by atoms with Crippen molar-refractivity contribution in [2.45, 2.75) is 32.1 Å². The first-order valence-corrected chi connectivity index (χ1v) is 10.7. The van der Waals surface area contributed by atoms with E-state index in [-0.39, 0.29) is 12.4 Å². The standard InChI is InChI=1S/C22H24BF2N3O2/c24-23(25)27-13-5-9-19(27)22(20-10-6-14-28(20)23)26-12-11-21(29)30-15-18-16-7-3-1-2-4-8-17(16)18/h5-6,9-10,13-14,16-18,26H,3-4,7-8,11-12,15H2/t16-,17+,18?. The van der Waals surface area contributed by atoms with Crippen molar-refractivity contribution in [2.24, 2.45) is 17.8 Å². The second-order valence-electron chi connectivity index (χ2n) is 8.35. The third-order valence-corrected chi connectivity index (χ3v) is 6.65. The number of esters is 1. The maximum absolute atomic E-state index is 14.7. The van der Waals surface area contributed by atoms with E-state index in [0.717, 1.165) is 34.6 Å². The van der Waals surface area contributed by atoms with Gasteiger partial charge in [-0.1, -0.05) is 0 Å². The number of hydrogen-bond donors (Lipinski definition) is 1. The van der Waals surface area contributed by atoms with Crippen LogP contribution in [0, 0.1) is 29.6 Å². The molecule has 0 aromatic carbocycles. The topological polar surface area (TPSA) is 46.3 Å². The van der Waals surface area contributed by atoms with Crippen LogP contribution in [0.25, 0.3) is 5.70 Å². The van der Waals surface area contributed by atoms with Crippen molar-refractivity contribution in [1.82, 2.24) is 9.79 Å². The van der Waals surface area contributed by atoms with Gasteiger partial charge in [-0.15, -0.1) is 11.8 Å². The number of rotatable bonds is 6. The zero-order valence-corrected chi connectivity index (χ0v) is 16.7. The Hall–Kier alpha value is -2.82. The maximum atomic E-state index is 14.7. The van der Waals surface area contributed by atoms with Crippen molar-refractivity contribution in [3.05, 3.63) is 41.9 Å². The second kappa shape index (κ2) is 7.46. The van der Waals surface area contributed by atoms with Crippen LogP contribution >= 0.6 is 0 Å². The summed E-state index contributed by atoms with van der Waals surface area (Å²) in [5.74, 6) is 7.88. The summed E-state index contributed by atoms with van der Waals surface area (Å²) < 4.78 is 36.9. The molecule has 3 atom stereocenters. The summed E-state index contributed by atoms with van der Waals surface area (Å²) in [5.41, 5.74) is 1.46. The Morgan fingerprint density at radius 1 is 1.30 bits per heavy atom. The molecule has 1 aromatic heterocycles. The van der Waals surface area contributed by atoms with E-state index in [0.29, 0.717) is 48.0 Å². The molecule has 1 unspecified atom stereocenters. The van der Waals surface area contributed by atoms with Crippen molar-refractivity contribution >= 4 is 24.9 Å². The van der Waals surface area contributed by atoms with Gasteiger partial charge in [-0.05, 0) is 48.9 Å². The molecule has 2 aliphatic heterocycles. The molecule has 5 nitrogen and oxygen atoms in total. The summed E-state index contributed by atoms with van der Waals surface area (Å²) in [6, 6.07) is 3.27. The van der Waals surface area contributed by atoms with E-state index in [2.05, 4.69) is 17.2 Å². The van der Waals surface area contributed by atoms with E-state index >= 15 is 0 Å². The Balaban J connectivity index is 1.15. The SMILES string of the molecule is O=C(CCNC1=C2C=CC=[N+]2[B-](F)(F)n2cccc21)OCC1[C@H]2CCC#CCC[C@@H]12. The van der Waals surface area contributed by atoms with Crippen LogP contribution in [0.4, 0.5) is 8.63 Å². The van der Waals surface area contributed by atoms with E-state index in [1.165, 1.54) is 12.4 Å². The Labute approximate surface area is 174 Å². The van der Waals surface area contributed by atoms with Gasteiger partial charge in [0, 0.05) is 37.2 Å². The highest BCUT2D eigenvalue weighted by atomic mass is 19.2. The third kappa shape index (κ3) is 3.26. The van der Waals surface area contributed by atoms with Gasteiger partial charge in [0.2, 0.25) is 0 Å². The van der Waals surface area contributed by atoms with Gasteiger partial charge in [0.25, 0.3) is 0 Å². The van der Waals surface area contributed by atoms with Crippen LogP contribution in [0.5, 0.6) is 0 Å². The van der Waals surface area contributed by atoms with Gasteiger partial charge >= 0.3 is 12.9 Å². The quantitative estimate of drug-likeness (QED) is 0.445. The summed E-state index contributed by atoms with van der Waals surface area (Å²) in [4.78, 5) is 12.2. The fraction of sp³-hybridized carbons (Fsp3) is 0.455. The molecule has 2 aliphatic carbocycles. The monoisotopic (exact) mass is 411 g/mol. The van der Waals surface area contributed by atoms with Crippen LogP contribution in [-0.2, 0) is 9.53 Å². The van der Waals surface area contributed by atoms with Gasteiger partial charge in [0.15, 0.2) is 5.70 Å². The minimum Gasteiger partial charge on any atom is -0.465 e. The highest BCUT2D eigenvalue weighted by Crippen LogP contribution is 2.52. The summed E-state index contributed by atoms with van der Waals surface area (Å²) in [6.07, 6.45) is 10.3. The van der Waals surface area contributed by atoms with Gasteiger partial charge in [0.1, 0.15) is 11.9 Å². The number of ether oxygens (including phenoxy) is 1. The summed E-state index contributed by atoms with van der Waals surface area (Å²) in [6.45, 7) is -3.09. The lowest BCUT2D eigenvalue weighted by molar-refractivity contribution is -0.356. The van der Waals surface area contributed by atoms with Crippen LogP contribution in [-0.4, -0.2) is 41.3 Å². The highest BCUT2D eigenvalue weighted by molar-refractivity contribution is 6.57. The minimum atomic E-state index is -3.90. The van der Waals surface area contributed by atoms with E-state index in [9.17, 15) is 13.4 Å². The predicted octanol–water partition coefficient (Wildman–Crippen LogP) is 3.01. The van der Waals surface area contributed by atoms with Gasteiger partial charge in [-0.3, -0.25) is 4.79 Å². The maximum Gasteiger partial charge on any atom is 0.737 e. The number of fused-ring (bicyclic) bond motifs is 3. The molecule has 0 spiro atoms. The normalized spacial score (nSPS) is 27.5. The predicted molar refractivity (Wildman–Crippen MR) is 110 cm³/mol. The molecule has 4 aliphatic rings. The Morgan fingerprint density at radius 3 is 2.83 bits per heavy atom. The van der Waals surface area contributed by atoms with Gasteiger partial charge in [-0.25, -0.2) is 0 Å². The van der Waals surface area contributed by atoms with E-state index in [1.807, 2.05) is 0 Å². The Bertz CT molecular complexity index is 1010. The lowest BCUT2D eigenvalue weighted by Crippen LogP contribution is -2.50. The van der Waals surface area contributed by atoms with Crippen LogP contribution in [0.3, 0.4) is 0 Å². The van der Waals surface area contributed by atoms with Crippen molar-refractivity contribution in [3.8, 4) is 11.8 Å². The smallest absolute Gasteiger partial charge is 0.465 e. The Morgan fingerprint density at radius 2 is 2.07 bits per heavy atom. The Kier molecular flexibility index (Phi) is 4.77. The molecule has 1 N–H and O–H groups in total. The molecule has 156 valence electrons. The van der Waals surface area contributed by atoms with Gasteiger partial charge in [-0.2, -0.15) is 0 Å². The molecule has 30 heavy (non-hydrogen) atoms. The molecule has 1 saturated carbocycles. The number of nitrogens with zero attached hydrogens (tertiary/aromatic N) is 2.